The van der Waals surface area contributed by atoms with Crippen LogP contribution >= 0.6 is 0 Å². The number of hydrogen-bond acceptors (Lipinski definition) is 3. The Bertz CT molecular complexity index is 458. The standard InChI is InChI=1S/C14H15NO2/c1-17-14(16)13(7-8-15)12-4-2-3-11(9-12)10-5-6-10/h2-4,9-10,13H,5-7H2,1H3. The molecule has 3 nitrogen and oxygen atoms in total. The van der Waals surface area contributed by atoms with Gasteiger partial charge in [0.15, 0.2) is 0 Å². The molecule has 0 bridgehead atoms. The number of benzene rings is 1. The van der Waals surface area contributed by atoms with Crippen molar-refractivity contribution in [1.29, 1.82) is 5.26 Å². The highest BCUT2D eigenvalue weighted by Crippen LogP contribution is 2.40. The molecule has 17 heavy (non-hydrogen) atoms. The predicted molar refractivity (Wildman–Crippen MR) is 63.4 cm³/mol. The molecule has 1 aromatic carbocycles. The van der Waals surface area contributed by atoms with Gasteiger partial charge in [0.1, 0.15) is 0 Å². The number of ether oxygens (including phenoxy) is 1. The Kier molecular flexibility index (Phi) is 3.43. The smallest absolute Gasteiger partial charge is 0.314 e. The van der Waals surface area contributed by atoms with Crippen LogP contribution in [0.4, 0.5) is 0 Å². The van der Waals surface area contributed by atoms with Crippen molar-refractivity contribution in [2.75, 3.05) is 7.11 Å². The van der Waals surface area contributed by atoms with Gasteiger partial charge in [-0.05, 0) is 29.9 Å². The van der Waals surface area contributed by atoms with Gasteiger partial charge in [-0.1, -0.05) is 24.3 Å². The van der Waals surface area contributed by atoms with E-state index < -0.39 is 5.92 Å². The number of methoxy groups -OCH3 is 1. The van der Waals surface area contributed by atoms with E-state index >= 15 is 0 Å². The van der Waals surface area contributed by atoms with Crippen LogP contribution in [-0.4, -0.2) is 13.1 Å². The third-order valence-electron chi connectivity index (χ3n) is 3.14. The first-order valence-electron chi connectivity index (χ1n) is 5.81. The van der Waals surface area contributed by atoms with Gasteiger partial charge in [-0.3, -0.25) is 4.79 Å². The molecule has 0 aromatic heterocycles. The number of rotatable bonds is 4. The average Bonchev–Trinajstić information content (AvgIpc) is 3.19. The molecule has 3 heteroatoms. The van der Waals surface area contributed by atoms with Crippen LogP contribution in [0.25, 0.3) is 0 Å². The van der Waals surface area contributed by atoms with E-state index in [1.54, 1.807) is 0 Å². The van der Waals surface area contributed by atoms with Crippen molar-refractivity contribution in [2.24, 2.45) is 0 Å². The van der Waals surface area contributed by atoms with Crippen molar-refractivity contribution < 1.29 is 9.53 Å². The highest BCUT2D eigenvalue weighted by atomic mass is 16.5. The van der Waals surface area contributed by atoms with E-state index in [0.717, 1.165) is 5.56 Å². The minimum absolute atomic E-state index is 0.167. The van der Waals surface area contributed by atoms with Gasteiger partial charge in [-0.25, -0.2) is 0 Å². The molecule has 1 fully saturated rings. The molecule has 0 spiro atoms. The average molecular weight is 229 g/mol. The van der Waals surface area contributed by atoms with Crippen molar-refractivity contribution >= 4 is 5.97 Å². The van der Waals surface area contributed by atoms with Gasteiger partial charge in [0, 0.05) is 0 Å². The molecule has 1 saturated carbocycles. The van der Waals surface area contributed by atoms with Crippen LogP contribution in [0.5, 0.6) is 0 Å². The first-order valence-corrected chi connectivity index (χ1v) is 5.81. The van der Waals surface area contributed by atoms with Crippen molar-refractivity contribution in [3.8, 4) is 6.07 Å². The third kappa shape index (κ3) is 2.65. The van der Waals surface area contributed by atoms with Crippen LogP contribution in [0.2, 0.25) is 0 Å². The number of hydrogen-bond donors (Lipinski definition) is 0. The first-order chi connectivity index (χ1) is 8.26. The number of esters is 1. The zero-order chi connectivity index (χ0) is 12.3. The lowest BCUT2D eigenvalue weighted by Gasteiger charge is -2.12. The van der Waals surface area contributed by atoms with E-state index in [0.29, 0.717) is 5.92 Å². The van der Waals surface area contributed by atoms with Crippen molar-refractivity contribution in [3.63, 3.8) is 0 Å². The first kappa shape index (κ1) is 11.7. The number of nitrogens with zero attached hydrogens (tertiary/aromatic N) is 1. The summed E-state index contributed by atoms with van der Waals surface area (Å²) in [5.74, 6) is -0.140. The molecule has 0 N–H and O–H groups in total. The second kappa shape index (κ2) is 5.01. The molecule has 0 radical (unpaired) electrons. The fourth-order valence-electron chi connectivity index (χ4n) is 2.02. The lowest BCUT2D eigenvalue weighted by atomic mass is 9.94. The number of nitriles is 1. The Balaban J connectivity index is 2.25. The second-order valence-electron chi connectivity index (χ2n) is 4.38. The zero-order valence-corrected chi connectivity index (χ0v) is 9.85. The van der Waals surface area contributed by atoms with Crippen LogP contribution < -0.4 is 0 Å². The third-order valence-corrected chi connectivity index (χ3v) is 3.14. The summed E-state index contributed by atoms with van der Waals surface area (Å²) >= 11 is 0. The maximum absolute atomic E-state index is 11.6. The van der Waals surface area contributed by atoms with Crippen molar-refractivity contribution in [3.05, 3.63) is 35.4 Å². The number of carbonyl (C=O) groups excluding carboxylic acids is 1. The van der Waals surface area contributed by atoms with Gasteiger partial charge in [0.25, 0.3) is 0 Å². The van der Waals surface area contributed by atoms with E-state index in [4.69, 9.17) is 10.00 Å². The lowest BCUT2D eigenvalue weighted by molar-refractivity contribution is -0.142. The van der Waals surface area contributed by atoms with Crippen LogP contribution in [-0.2, 0) is 9.53 Å². The maximum atomic E-state index is 11.6. The molecule has 1 aromatic rings. The Morgan fingerprint density at radius 1 is 1.59 bits per heavy atom. The normalized spacial score (nSPS) is 16.0. The monoisotopic (exact) mass is 229 g/mol. The zero-order valence-electron chi connectivity index (χ0n) is 9.85. The van der Waals surface area contributed by atoms with E-state index in [1.807, 2.05) is 24.3 Å². The molecule has 0 heterocycles. The fourth-order valence-corrected chi connectivity index (χ4v) is 2.02. The van der Waals surface area contributed by atoms with Crippen LogP contribution in [0.15, 0.2) is 24.3 Å². The van der Waals surface area contributed by atoms with Gasteiger partial charge >= 0.3 is 5.97 Å². The van der Waals surface area contributed by atoms with E-state index in [2.05, 4.69) is 6.07 Å². The summed E-state index contributed by atoms with van der Waals surface area (Å²) in [4.78, 5) is 11.6. The van der Waals surface area contributed by atoms with Crippen LogP contribution in [0.3, 0.4) is 0 Å². The summed E-state index contributed by atoms with van der Waals surface area (Å²) in [7, 11) is 1.36. The summed E-state index contributed by atoms with van der Waals surface area (Å²) in [5, 5.41) is 8.78. The molecule has 1 aliphatic carbocycles. The molecular weight excluding hydrogens is 214 g/mol. The lowest BCUT2D eigenvalue weighted by Crippen LogP contribution is -2.14. The van der Waals surface area contributed by atoms with Crippen molar-refractivity contribution in [1.82, 2.24) is 0 Å². The van der Waals surface area contributed by atoms with E-state index in [1.165, 1.54) is 25.5 Å². The Morgan fingerprint density at radius 2 is 2.35 bits per heavy atom. The van der Waals surface area contributed by atoms with E-state index in [9.17, 15) is 4.79 Å². The Morgan fingerprint density at radius 3 is 2.94 bits per heavy atom. The quantitative estimate of drug-likeness (QED) is 0.746. The minimum atomic E-state index is -0.455. The van der Waals surface area contributed by atoms with E-state index in [-0.39, 0.29) is 12.4 Å². The minimum Gasteiger partial charge on any atom is -0.469 e. The molecule has 2 rings (SSSR count). The highest BCUT2D eigenvalue weighted by Gasteiger charge is 2.26. The summed E-state index contributed by atoms with van der Waals surface area (Å²) in [6, 6.07) is 10.0. The Hall–Kier alpha value is -1.82. The highest BCUT2D eigenvalue weighted by molar-refractivity contribution is 5.78. The molecule has 88 valence electrons. The molecule has 1 unspecified atom stereocenters. The molecule has 0 amide bonds. The van der Waals surface area contributed by atoms with Gasteiger partial charge in [0.05, 0.1) is 25.5 Å². The van der Waals surface area contributed by atoms with Gasteiger partial charge in [0.2, 0.25) is 0 Å². The maximum Gasteiger partial charge on any atom is 0.314 e. The molecular formula is C14H15NO2. The predicted octanol–water partition coefficient (Wildman–Crippen LogP) is 2.73. The van der Waals surface area contributed by atoms with Gasteiger partial charge in [-0.2, -0.15) is 5.26 Å². The van der Waals surface area contributed by atoms with Gasteiger partial charge < -0.3 is 4.74 Å². The summed E-state index contributed by atoms with van der Waals surface area (Å²) in [5.41, 5.74) is 2.16. The molecule has 0 saturated heterocycles. The number of carbonyl (C=O) groups is 1. The SMILES string of the molecule is COC(=O)C(CC#N)c1cccc(C2CC2)c1. The fraction of sp³-hybridized carbons (Fsp3) is 0.429. The molecule has 0 aliphatic heterocycles. The Labute approximate surface area is 101 Å². The molecule has 1 aliphatic rings. The topological polar surface area (TPSA) is 50.1 Å². The molecule has 1 atom stereocenters. The summed E-state index contributed by atoms with van der Waals surface area (Å²) in [6.45, 7) is 0. The summed E-state index contributed by atoms with van der Waals surface area (Å²) in [6.07, 6.45) is 2.62. The van der Waals surface area contributed by atoms with Crippen LogP contribution in [0.1, 0.15) is 42.2 Å². The van der Waals surface area contributed by atoms with Crippen molar-refractivity contribution in [2.45, 2.75) is 31.1 Å². The van der Waals surface area contributed by atoms with Gasteiger partial charge in [-0.15, -0.1) is 0 Å². The second-order valence-corrected chi connectivity index (χ2v) is 4.38. The van der Waals surface area contributed by atoms with Crippen LogP contribution in [0, 0.1) is 11.3 Å². The summed E-state index contributed by atoms with van der Waals surface area (Å²) < 4.78 is 4.75. The largest absolute Gasteiger partial charge is 0.469 e.